The van der Waals surface area contributed by atoms with Crippen molar-refractivity contribution in [2.45, 2.75) is 17.9 Å². The van der Waals surface area contributed by atoms with Crippen molar-refractivity contribution in [2.75, 3.05) is 46.0 Å². The monoisotopic (exact) mass is 597 g/mol. The summed E-state index contributed by atoms with van der Waals surface area (Å²) in [5.41, 5.74) is 3.14. The largest absolute Gasteiger partial charge is 0.495 e. The van der Waals surface area contributed by atoms with Crippen LogP contribution in [0.2, 0.25) is 0 Å². The van der Waals surface area contributed by atoms with E-state index >= 15 is 0 Å². The summed E-state index contributed by atoms with van der Waals surface area (Å²) in [6.07, 6.45) is 1.03. The Bertz CT molecular complexity index is 1800. The number of rotatable bonds is 12. The number of fused-ring (bicyclic) bond motifs is 2. The van der Waals surface area contributed by atoms with Crippen molar-refractivity contribution >= 4 is 45.2 Å². The minimum absolute atomic E-state index is 0.147. The van der Waals surface area contributed by atoms with E-state index in [4.69, 9.17) is 14.2 Å². The Hall–Kier alpha value is -4.47. The highest BCUT2D eigenvalue weighted by Gasteiger charge is 2.16. The molecule has 5 rings (SSSR count). The molecule has 0 fully saturated rings. The first-order chi connectivity index (χ1) is 20.9. The van der Waals surface area contributed by atoms with Gasteiger partial charge in [-0.2, -0.15) is 0 Å². The number of H-pyrrole nitrogens is 1. The van der Waals surface area contributed by atoms with Crippen LogP contribution in [-0.4, -0.2) is 56.5 Å². The molecule has 1 heterocycles. The van der Waals surface area contributed by atoms with Crippen molar-refractivity contribution < 1.29 is 19.0 Å². The van der Waals surface area contributed by atoms with Crippen LogP contribution in [0.1, 0.15) is 22.3 Å². The number of carbonyl (C=O) groups excluding carboxylic acids is 1. The smallest absolute Gasteiger partial charge is 0.257 e. The summed E-state index contributed by atoms with van der Waals surface area (Å²) in [5, 5.41) is 3.94. The number of nitrogens with one attached hydrogen (secondary N) is 2. The molecule has 1 amide bonds. The van der Waals surface area contributed by atoms with Crippen molar-refractivity contribution in [3.8, 4) is 17.2 Å². The summed E-state index contributed by atoms with van der Waals surface area (Å²) < 4.78 is 16.2. The normalized spacial score (nSPS) is 11.2. The lowest BCUT2D eigenvalue weighted by Crippen LogP contribution is -2.19. The molecule has 4 aromatic carbocycles. The average molecular weight is 598 g/mol. The van der Waals surface area contributed by atoms with Gasteiger partial charge in [-0.1, -0.05) is 18.2 Å². The Morgan fingerprint density at radius 1 is 0.837 bits per heavy atom. The summed E-state index contributed by atoms with van der Waals surface area (Å²) in [6, 6.07) is 24.3. The van der Waals surface area contributed by atoms with Crippen LogP contribution in [0.25, 0.3) is 21.8 Å². The summed E-state index contributed by atoms with van der Waals surface area (Å²) in [7, 11) is 6.96. The van der Waals surface area contributed by atoms with E-state index < -0.39 is 0 Å². The summed E-state index contributed by atoms with van der Waals surface area (Å²) in [5.74, 6) is 2.70. The van der Waals surface area contributed by atoms with Crippen LogP contribution < -0.4 is 25.0 Å². The number of aromatic nitrogens is 1. The predicted octanol–water partition coefficient (Wildman–Crippen LogP) is 6.57. The number of amides is 1. The van der Waals surface area contributed by atoms with Crippen molar-refractivity contribution in [1.82, 2.24) is 9.88 Å². The number of ether oxygens (including phenoxy) is 3. The Morgan fingerprint density at radius 2 is 1.53 bits per heavy atom. The topological polar surface area (TPSA) is 92.9 Å². The van der Waals surface area contributed by atoms with E-state index in [0.717, 1.165) is 41.7 Å². The number of aromatic amines is 1. The molecule has 0 saturated carbocycles. The fourth-order valence-corrected chi connectivity index (χ4v) is 5.92. The number of benzene rings is 4. The molecule has 2 N–H and O–H groups in total. The second-order valence-electron chi connectivity index (χ2n) is 10.2. The highest BCUT2D eigenvalue weighted by Crippen LogP contribution is 2.29. The first kappa shape index (κ1) is 30.0. The molecule has 43 heavy (non-hydrogen) atoms. The van der Waals surface area contributed by atoms with Gasteiger partial charge < -0.3 is 29.4 Å². The number of para-hydroxylation sites is 2. The van der Waals surface area contributed by atoms with Gasteiger partial charge in [0, 0.05) is 27.9 Å². The second kappa shape index (κ2) is 13.7. The molecular weight excluding hydrogens is 562 g/mol. The molecule has 5 aromatic rings. The van der Waals surface area contributed by atoms with E-state index in [0.29, 0.717) is 38.8 Å². The fraction of sp³-hybridized carbons (Fsp3) is 0.235. The van der Waals surface area contributed by atoms with Gasteiger partial charge in [0.15, 0.2) is 16.9 Å². The number of methoxy groups -OCH3 is 3. The van der Waals surface area contributed by atoms with Crippen LogP contribution in [0.15, 0.2) is 88.6 Å². The van der Waals surface area contributed by atoms with Crippen molar-refractivity contribution in [3.63, 3.8) is 0 Å². The van der Waals surface area contributed by atoms with Crippen LogP contribution in [-0.2, 0) is 6.54 Å². The number of carbonyl (C=O) groups is 1. The van der Waals surface area contributed by atoms with E-state index in [1.165, 1.54) is 5.56 Å². The Balaban J connectivity index is 1.17. The SMILES string of the molecule is COc1ccc(CN(C)CCCSc2ccc(NC(=O)c3cccc4c(=O)c5cccc(OC)c5[nH]c34)cc2)cc1OC. The van der Waals surface area contributed by atoms with E-state index in [2.05, 4.69) is 28.3 Å². The first-order valence-corrected chi connectivity index (χ1v) is 15.0. The zero-order valence-corrected chi connectivity index (χ0v) is 25.5. The Morgan fingerprint density at radius 3 is 2.26 bits per heavy atom. The summed E-state index contributed by atoms with van der Waals surface area (Å²) in [6.45, 7) is 1.79. The van der Waals surface area contributed by atoms with Gasteiger partial charge in [-0.25, -0.2) is 0 Å². The highest BCUT2D eigenvalue weighted by atomic mass is 32.2. The fourth-order valence-electron chi connectivity index (χ4n) is 5.08. The molecule has 0 saturated heterocycles. The van der Waals surface area contributed by atoms with Crippen LogP contribution in [0, 0.1) is 0 Å². The molecule has 0 unspecified atom stereocenters. The van der Waals surface area contributed by atoms with Crippen LogP contribution in [0.3, 0.4) is 0 Å². The van der Waals surface area contributed by atoms with Gasteiger partial charge in [0.2, 0.25) is 0 Å². The van der Waals surface area contributed by atoms with Gasteiger partial charge in [-0.3, -0.25) is 9.59 Å². The lowest BCUT2D eigenvalue weighted by molar-refractivity contribution is 0.102. The van der Waals surface area contributed by atoms with Gasteiger partial charge >= 0.3 is 0 Å². The summed E-state index contributed by atoms with van der Waals surface area (Å²) >= 11 is 1.78. The number of pyridine rings is 1. The number of hydrogen-bond donors (Lipinski definition) is 2. The minimum Gasteiger partial charge on any atom is -0.495 e. The zero-order chi connectivity index (χ0) is 30.3. The summed E-state index contributed by atoms with van der Waals surface area (Å²) in [4.78, 5) is 33.2. The van der Waals surface area contributed by atoms with E-state index in [1.54, 1.807) is 69.5 Å². The maximum Gasteiger partial charge on any atom is 0.257 e. The maximum atomic E-state index is 13.3. The van der Waals surface area contributed by atoms with Gasteiger partial charge in [-0.15, -0.1) is 11.8 Å². The third kappa shape index (κ3) is 6.79. The molecule has 222 valence electrons. The minimum atomic E-state index is -0.298. The van der Waals surface area contributed by atoms with Crippen molar-refractivity contribution in [2.24, 2.45) is 0 Å². The predicted molar refractivity (Wildman–Crippen MR) is 174 cm³/mol. The molecule has 0 aliphatic rings. The molecule has 9 heteroatoms. The molecular formula is C34H35N3O5S. The van der Waals surface area contributed by atoms with Crippen LogP contribution in [0.5, 0.6) is 17.2 Å². The maximum absolute atomic E-state index is 13.3. The molecule has 0 atom stereocenters. The van der Waals surface area contributed by atoms with E-state index in [9.17, 15) is 9.59 Å². The number of anilines is 1. The van der Waals surface area contributed by atoms with Gasteiger partial charge in [0.25, 0.3) is 5.91 Å². The Labute approximate surface area is 255 Å². The zero-order valence-electron chi connectivity index (χ0n) is 24.7. The molecule has 8 nitrogen and oxygen atoms in total. The van der Waals surface area contributed by atoms with Crippen LogP contribution >= 0.6 is 11.8 Å². The van der Waals surface area contributed by atoms with Crippen molar-refractivity contribution in [3.05, 3.63) is 100 Å². The molecule has 0 bridgehead atoms. The van der Waals surface area contributed by atoms with Crippen LogP contribution in [0.4, 0.5) is 5.69 Å². The van der Waals surface area contributed by atoms with Crippen molar-refractivity contribution in [1.29, 1.82) is 0 Å². The Kier molecular flexibility index (Phi) is 9.54. The van der Waals surface area contributed by atoms with E-state index in [-0.39, 0.29) is 11.3 Å². The third-order valence-corrected chi connectivity index (χ3v) is 8.36. The van der Waals surface area contributed by atoms with Gasteiger partial charge in [0.1, 0.15) is 5.75 Å². The number of thioether (sulfide) groups is 1. The number of nitrogens with zero attached hydrogens (tertiary/aromatic N) is 1. The average Bonchev–Trinajstić information content (AvgIpc) is 3.03. The highest BCUT2D eigenvalue weighted by molar-refractivity contribution is 7.99. The molecule has 0 spiro atoms. The van der Waals surface area contributed by atoms with Gasteiger partial charge in [-0.05, 0) is 92.0 Å². The number of hydrogen-bond acceptors (Lipinski definition) is 7. The standard InChI is InChI=1S/C34H35N3O5S/c1-37(21-22-12-17-28(40-2)30(20-22)42-4)18-7-19-43-24-15-13-23(14-16-24)35-34(39)27-10-5-8-25-31(27)36-32-26(33(25)38)9-6-11-29(32)41-3/h5-6,8-17,20H,7,18-19,21H2,1-4H3,(H,35,39)(H,36,38). The molecule has 0 aliphatic carbocycles. The molecule has 0 radical (unpaired) electrons. The van der Waals surface area contributed by atoms with E-state index in [1.807, 2.05) is 36.4 Å². The molecule has 1 aromatic heterocycles. The quantitative estimate of drug-likeness (QED) is 0.0954. The second-order valence-corrected chi connectivity index (χ2v) is 11.3. The first-order valence-electron chi connectivity index (χ1n) is 14.0. The van der Waals surface area contributed by atoms with Gasteiger partial charge in [0.05, 0.1) is 37.9 Å². The lowest BCUT2D eigenvalue weighted by Gasteiger charge is -2.17. The third-order valence-electron chi connectivity index (χ3n) is 7.26. The lowest BCUT2D eigenvalue weighted by atomic mass is 10.1. The molecule has 0 aliphatic heterocycles.